The average Bonchev–Trinajstić information content (AvgIpc) is 2.70. The number of aryl methyl sites for hydroxylation is 3. The Kier molecular flexibility index (Phi) is 5.16. The maximum Gasteiger partial charge on any atom is -0.00212 e. The van der Waals surface area contributed by atoms with Gasteiger partial charge in [0.2, 0.25) is 0 Å². The molecule has 0 heteroatoms. The molecule has 4 rings (SSSR count). The van der Waals surface area contributed by atoms with Crippen LogP contribution in [0.25, 0.3) is 32.3 Å². The van der Waals surface area contributed by atoms with E-state index in [1.807, 2.05) is 0 Å². The van der Waals surface area contributed by atoms with Gasteiger partial charge in [-0.2, -0.15) is 0 Å². The molecule has 0 saturated heterocycles. The molecule has 4 aromatic carbocycles. The van der Waals surface area contributed by atoms with Crippen molar-refractivity contribution in [1.29, 1.82) is 0 Å². The van der Waals surface area contributed by atoms with Gasteiger partial charge in [-0.15, -0.1) is 0 Å². The van der Waals surface area contributed by atoms with Crippen LogP contribution in [0.2, 0.25) is 0 Å². The highest BCUT2D eigenvalue weighted by atomic mass is 14.2. The Morgan fingerprint density at radius 2 is 1.22 bits per heavy atom. The molecule has 138 valence electrons. The fraction of sp³-hybridized carbons (Fsp3) is 0.333. The molecule has 0 saturated carbocycles. The van der Waals surface area contributed by atoms with E-state index in [0.29, 0.717) is 0 Å². The van der Waals surface area contributed by atoms with Gasteiger partial charge in [0.05, 0.1) is 0 Å². The molecular formula is C27H30. The molecule has 0 nitrogen and oxygen atoms in total. The monoisotopic (exact) mass is 354 g/mol. The topological polar surface area (TPSA) is 0 Å². The minimum Gasteiger partial charge on any atom is -0.0654 e. The molecule has 0 fully saturated rings. The minimum absolute atomic E-state index is 1.19. The first-order valence-electron chi connectivity index (χ1n) is 10.6. The molecule has 4 aromatic rings. The van der Waals surface area contributed by atoms with Gasteiger partial charge >= 0.3 is 0 Å². The lowest BCUT2D eigenvalue weighted by molar-refractivity contribution is 0.765. The van der Waals surface area contributed by atoms with Crippen molar-refractivity contribution in [3.63, 3.8) is 0 Å². The predicted molar refractivity (Wildman–Crippen MR) is 121 cm³/mol. The number of unbranched alkanes of at least 4 members (excludes halogenated alkanes) is 2. The van der Waals surface area contributed by atoms with Crippen molar-refractivity contribution in [2.24, 2.45) is 0 Å². The Balaban J connectivity index is 2.20. The van der Waals surface area contributed by atoms with Gasteiger partial charge in [-0.3, -0.25) is 0 Å². The van der Waals surface area contributed by atoms with Crippen LogP contribution in [0.4, 0.5) is 0 Å². The number of hydrogen-bond acceptors (Lipinski definition) is 0. The molecule has 27 heavy (non-hydrogen) atoms. The number of hydrogen-bond donors (Lipinski definition) is 0. The highest BCUT2D eigenvalue weighted by molar-refractivity contribution is 6.22. The maximum absolute atomic E-state index is 2.39. The number of benzene rings is 4. The van der Waals surface area contributed by atoms with Crippen molar-refractivity contribution < 1.29 is 0 Å². The molecule has 0 radical (unpaired) electrons. The molecule has 0 aliphatic carbocycles. The first kappa shape index (κ1) is 18.0. The third-order valence-corrected chi connectivity index (χ3v) is 6.03. The average molecular weight is 355 g/mol. The second-order valence-electron chi connectivity index (χ2n) is 7.87. The summed E-state index contributed by atoms with van der Waals surface area (Å²) in [5.41, 5.74) is 4.60. The lowest BCUT2D eigenvalue weighted by atomic mass is 9.84. The van der Waals surface area contributed by atoms with E-state index in [0.717, 1.165) is 0 Å². The minimum atomic E-state index is 1.19. The van der Waals surface area contributed by atoms with Crippen LogP contribution in [0.15, 0.2) is 54.6 Å². The van der Waals surface area contributed by atoms with Crippen LogP contribution >= 0.6 is 0 Å². The van der Waals surface area contributed by atoms with E-state index in [1.165, 1.54) is 76.4 Å². The van der Waals surface area contributed by atoms with Crippen molar-refractivity contribution in [1.82, 2.24) is 0 Å². The third kappa shape index (κ3) is 3.12. The van der Waals surface area contributed by atoms with Gasteiger partial charge in [-0.05, 0) is 81.6 Å². The quantitative estimate of drug-likeness (QED) is 0.306. The Labute approximate surface area is 163 Å². The highest BCUT2D eigenvalue weighted by Crippen LogP contribution is 2.40. The molecule has 0 atom stereocenters. The summed E-state index contributed by atoms with van der Waals surface area (Å²) in [5, 5.41) is 8.64. The molecule has 0 bridgehead atoms. The van der Waals surface area contributed by atoms with Crippen LogP contribution in [-0.4, -0.2) is 0 Å². The van der Waals surface area contributed by atoms with Gasteiger partial charge in [0.1, 0.15) is 0 Å². The van der Waals surface area contributed by atoms with E-state index in [-0.39, 0.29) is 0 Å². The first-order valence-corrected chi connectivity index (χ1v) is 10.6. The van der Waals surface area contributed by atoms with Crippen molar-refractivity contribution in [3.8, 4) is 0 Å². The fourth-order valence-electron chi connectivity index (χ4n) is 4.65. The van der Waals surface area contributed by atoms with Crippen LogP contribution in [0.3, 0.4) is 0 Å². The lowest BCUT2D eigenvalue weighted by Gasteiger charge is -2.20. The molecule has 0 aliphatic heterocycles. The van der Waals surface area contributed by atoms with Crippen LogP contribution in [-0.2, 0) is 12.8 Å². The largest absolute Gasteiger partial charge is 0.0654 e. The first-order chi connectivity index (χ1) is 13.3. The summed E-state index contributed by atoms with van der Waals surface area (Å²) in [5.74, 6) is 0. The smallest absolute Gasteiger partial charge is 0.00212 e. The Morgan fingerprint density at radius 3 is 1.93 bits per heavy atom. The van der Waals surface area contributed by atoms with Crippen molar-refractivity contribution >= 4 is 32.3 Å². The Morgan fingerprint density at radius 1 is 0.593 bits per heavy atom. The predicted octanol–water partition coefficient (Wildman–Crippen LogP) is 8.14. The normalized spacial score (nSPS) is 11.7. The Hall–Kier alpha value is -2.34. The van der Waals surface area contributed by atoms with E-state index in [9.17, 15) is 0 Å². The number of rotatable bonds is 6. The Bertz CT molecular complexity index is 1100. The van der Waals surface area contributed by atoms with Crippen molar-refractivity contribution in [3.05, 3.63) is 71.3 Å². The van der Waals surface area contributed by atoms with Gasteiger partial charge in [0.25, 0.3) is 0 Å². The summed E-state index contributed by atoms with van der Waals surface area (Å²) in [6, 6.07) is 20.5. The third-order valence-electron chi connectivity index (χ3n) is 6.03. The zero-order valence-electron chi connectivity index (χ0n) is 16.9. The van der Waals surface area contributed by atoms with Gasteiger partial charge in [0.15, 0.2) is 0 Å². The van der Waals surface area contributed by atoms with Crippen LogP contribution in [0, 0.1) is 6.92 Å². The molecule has 0 unspecified atom stereocenters. The van der Waals surface area contributed by atoms with E-state index < -0.39 is 0 Å². The van der Waals surface area contributed by atoms with E-state index in [4.69, 9.17) is 0 Å². The molecule has 0 amide bonds. The maximum atomic E-state index is 2.39. The van der Waals surface area contributed by atoms with Crippen molar-refractivity contribution in [2.45, 2.75) is 59.3 Å². The van der Waals surface area contributed by atoms with Crippen LogP contribution in [0.5, 0.6) is 0 Å². The van der Waals surface area contributed by atoms with Crippen LogP contribution < -0.4 is 0 Å². The second kappa shape index (κ2) is 7.72. The summed E-state index contributed by atoms with van der Waals surface area (Å²) in [4.78, 5) is 0. The SMILES string of the molecule is CCCCc1c(CCCC)c2ccc3ccccc3c2c2c(C)cccc12. The zero-order valence-corrected chi connectivity index (χ0v) is 16.9. The lowest BCUT2D eigenvalue weighted by Crippen LogP contribution is -2.00. The molecule has 0 aliphatic rings. The van der Waals surface area contributed by atoms with E-state index >= 15 is 0 Å². The zero-order chi connectivity index (χ0) is 18.8. The molecule has 0 N–H and O–H groups in total. The van der Waals surface area contributed by atoms with Gasteiger partial charge < -0.3 is 0 Å². The summed E-state index contributed by atoms with van der Waals surface area (Å²) in [6.45, 7) is 6.88. The fourth-order valence-corrected chi connectivity index (χ4v) is 4.65. The summed E-state index contributed by atoms with van der Waals surface area (Å²) >= 11 is 0. The molecule has 0 heterocycles. The standard InChI is InChI=1S/C27H30/c1-4-6-13-22-23(14-7-5-2)25-18-17-20-12-8-9-15-21(20)27(25)26-19(3)11-10-16-24(22)26/h8-12,15-18H,4-7,13-14H2,1-3H3. The summed E-state index contributed by atoms with van der Waals surface area (Å²) in [7, 11) is 0. The van der Waals surface area contributed by atoms with Gasteiger partial charge in [-0.25, -0.2) is 0 Å². The highest BCUT2D eigenvalue weighted by Gasteiger charge is 2.16. The van der Waals surface area contributed by atoms with Crippen LogP contribution in [0.1, 0.15) is 56.2 Å². The summed E-state index contributed by atoms with van der Waals surface area (Å²) < 4.78 is 0. The van der Waals surface area contributed by atoms with E-state index in [1.54, 1.807) is 11.1 Å². The van der Waals surface area contributed by atoms with Gasteiger partial charge in [0, 0.05) is 0 Å². The second-order valence-corrected chi connectivity index (χ2v) is 7.87. The van der Waals surface area contributed by atoms with Crippen molar-refractivity contribution in [2.75, 3.05) is 0 Å². The van der Waals surface area contributed by atoms with Gasteiger partial charge in [-0.1, -0.05) is 81.3 Å². The molecule has 0 aromatic heterocycles. The summed E-state index contributed by atoms with van der Waals surface area (Å²) in [6.07, 6.45) is 7.40. The van der Waals surface area contributed by atoms with E-state index in [2.05, 4.69) is 75.4 Å². The number of fused-ring (bicyclic) bond motifs is 5. The molecule has 0 spiro atoms. The molecular weight excluding hydrogens is 324 g/mol.